The number of benzene rings is 1. The molecule has 8 heteroatoms. The maximum absolute atomic E-state index is 11.9. The molecule has 0 atom stereocenters. The molecule has 2 aromatic rings. The highest BCUT2D eigenvalue weighted by Gasteiger charge is 2.14. The molecule has 0 radical (unpaired) electrons. The van der Waals surface area contributed by atoms with E-state index in [1.54, 1.807) is 12.1 Å². The molecular formula is C10H8BrN3O3S. The van der Waals surface area contributed by atoms with Gasteiger partial charge in [-0.05, 0) is 30.3 Å². The third-order valence-corrected chi connectivity index (χ3v) is 3.94. The highest BCUT2D eigenvalue weighted by atomic mass is 79.9. The fourth-order valence-corrected chi connectivity index (χ4v) is 2.48. The molecule has 0 aliphatic carbocycles. The highest BCUT2D eigenvalue weighted by molar-refractivity contribution is 9.10. The topological polar surface area (TPSA) is 91.9 Å². The Labute approximate surface area is 111 Å². The number of halogens is 1. The minimum atomic E-state index is -3.70. The Morgan fingerprint density at radius 1 is 1.11 bits per heavy atom. The summed E-state index contributed by atoms with van der Waals surface area (Å²) < 4.78 is 26.9. The lowest BCUT2D eigenvalue weighted by molar-refractivity contribution is 0.601. The Balaban J connectivity index is 2.29. The van der Waals surface area contributed by atoms with Gasteiger partial charge >= 0.3 is 0 Å². The van der Waals surface area contributed by atoms with Crippen LogP contribution in [-0.4, -0.2) is 18.6 Å². The standard InChI is InChI=1S/C10H8BrN3O3S/c11-7-1-3-8(4-2-7)18(16,17)14-9-5-6-10(15)13-12-9/h1-6H,(H,12,14)(H,13,15). The second-order valence-electron chi connectivity index (χ2n) is 3.37. The Kier molecular flexibility index (Phi) is 3.48. The average molecular weight is 330 g/mol. The van der Waals surface area contributed by atoms with Crippen LogP contribution in [0.5, 0.6) is 0 Å². The lowest BCUT2D eigenvalue weighted by Gasteiger charge is -2.06. The summed E-state index contributed by atoms with van der Waals surface area (Å²) in [4.78, 5) is 10.9. The van der Waals surface area contributed by atoms with Gasteiger partial charge in [0.25, 0.3) is 15.6 Å². The zero-order chi connectivity index (χ0) is 13.2. The largest absolute Gasteiger partial charge is 0.268 e. The van der Waals surface area contributed by atoms with Crippen molar-refractivity contribution in [3.05, 3.63) is 51.2 Å². The SMILES string of the molecule is O=c1ccc(NS(=O)(=O)c2ccc(Br)cc2)n[nH]1. The van der Waals surface area contributed by atoms with Crippen LogP contribution in [-0.2, 0) is 10.0 Å². The predicted octanol–water partition coefficient (Wildman–Crippen LogP) is 1.33. The lowest BCUT2D eigenvalue weighted by atomic mass is 10.4. The number of rotatable bonds is 3. The summed E-state index contributed by atoms with van der Waals surface area (Å²) in [6.45, 7) is 0. The van der Waals surface area contributed by atoms with Gasteiger partial charge in [-0.1, -0.05) is 15.9 Å². The normalized spacial score (nSPS) is 11.2. The summed E-state index contributed by atoms with van der Waals surface area (Å²) in [6, 6.07) is 8.63. The monoisotopic (exact) mass is 329 g/mol. The first kappa shape index (κ1) is 12.8. The Morgan fingerprint density at radius 3 is 2.33 bits per heavy atom. The van der Waals surface area contributed by atoms with E-state index in [0.29, 0.717) is 0 Å². The van der Waals surface area contributed by atoms with Crippen molar-refractivity contribution in [1.82, 2.24) is 10.2 Å². The summed E-state index contributed by atoms with van der Waals surface area (Å²) in [6.07, 6.45) is 0. The number of nitrogens with zero attached hydrogens (tertiary/aromatic N) is 1. The maximum Gasteiger partial charge on any atom is 0.264 e. The van der Waals surface area contributed by atoms with Crippen molar-refractivity contribution in [2.45, 2.75) is 4.90 Å². The number of nitrogens with one attached hydrogen (secondary N) is 2. The first-order valence-electron chi connectivity index (χ1n) is 4.81. The van der Waals surface area contributed by atoms with Crippen LogP contribution >= 0.6 is 15.9 Å². The van der Waals surface area contributed by atoms with Crippen molar-refractivity contribution in [1.29, 1.82) is 0 Å². The van der Waals surface area contributed by atoms with Crippen LogP contribution in [0.25, 0.3) is 0 Å². The van der Waals surface area contributed by atoms with E-state index in [9.17, 15) is 13.2 Å². The van der Waals surface area contributed by atoms with Gasteiger partial charge in [0.2, 0.25) is 0 Å². The van der Waals surface area contributed by atoms with E-state index in [0.717, 1.165) is 4.47 Å². The summed E-state index contributed by atoms with van der Waals surface area (Å²) in [7, 11) is -3.70. The van der Waals surface area contributed by atoms with Crippen molar-refractivity contribution < 1.29 is 8.42 Å². The van der Waals surface area contributed by atoms with Crippen LogP contribution < -0.4 is 10.3 Å². The van der Waals surface area contributed by atoms with E-state index < -0.39 is 15.6 Å². The molecule has 1 heterocycles. The third kappa shape index (κ3) is 2.96. The van der Waals surface area contributed by atoms with Crippen LogP contribution in [0.3, 0.4) is 0 Å². The van der Waals surface area contributed by atoms with Gasteiger partial charge < -0.3 is 0 Å². The minimum Gasteiger partial charge on any atom is -0.268 e. The number of aromatic nitrogens is 2. The van der Waals surface area contributed by atoms with Gasteiger partial charge in [0.05, 0.1) is 4.90 Å². The van der Waals surface area contributed by atoms with Gasteiger partial charge in [-0.2, -0.15) is 5.10 Å². The average Bonchev–Trinajstić information content (AvgIpc) is 2.32. The molecule has 0 saturated heterocycles. The summed E-state index contributed by atoms with van der Waals surface area (Å²) in [5, 5.41) is 5.71. The van der Waals surface area contributed by atoms with Crippen molar-refractivity contribution in [3.63, 3.8) is 0 Å². The number of sulfonamides is 1. The maximum atomic E-state index is 11.9. The highest BCUT2D eigenvalue weighted by Crippen LogP contribution is 2.16. The molecule has 0 fully saturated rings. The molecule has 0 aliphatic heterocycles. The molecule has 6 nitrogen and oxygen atoms in total. The summed E-state index contributed by atoms with van der Waals surface area (Å²) >= 11 is 3.22. The minimum absolute atomic E-state index is 0.0533. The number of anilines is 1. The molecule has 94 valence electrons. The first-order valence-corrected chi connectivity index (χ1v) is 7.09. The molecule has 18 heavy (non-hydrogen) atoms. The van der Waals surface area contributed by atoms with Crippen LogP contribution in [0.1, 0.15) is 0 Å². The second-order valence-corrected chi connectivity index (χ2v) is 5.96. The van der Waals surface area contributed by atoms with E-state index in [1.807, 2.05) is 0 Å². The quantitative estimate of drug-likeness (QED) is 0.888. The number of hydrogen-bond donors (Lipinski definition) is 2. The number of aromatic amines is 1. The molecule has 1 aromatic carbocycles. The summed E-state index contributed by atoms with van der Waals surface area (Å²) in [5.74, 6) is 0.0533. The van der Waals surface area contributed by atoms with E-state index in [-0.39, 0.29) is 10.7 Å². The van der Waals surface area contributed by atoms with Gasteiger partial charge in [0, 0.05) is 10.5 Å². The lowest BCUT2D eigenvalue weighted by Crippen LogP contribution is -2.16. The molecule has 0 aliphatic rings. The molecular weight excluding hydrogens is 322 g/mol. The molecule has 0 spiro atoms. The second kappa shape index (κ2) is 4.91. The molecule has 0 unspecified atom stereocenters. The summed E-state index contributed by atoms with van der Waals surface area (Å²) in [5.41, 5.74) is -0.401. The number of H-pyrrole nitrogens is 1. The van der Waals surface area contributed by atoms with E-state index in [1.165, 1.54) is 24.3 Å². The van der Waals surface area contributed by atoms with Crippen LogP contribution in [0.4, 0.5) is 5.82 Å². The van der Waals surface area contributed by atoms with Gasteiger partial charge in [-0.25, -0.2) is 13.5 Å². The molecule has 0 saturated carbocycles. The van der Waals surface area contributed by atoms with Crippen molar-refractivity contribution in [3.8, 4) is 0 Å². The van der Waals surface area contributed by atoms with Gasteiger partial charge in [-0.15, -0.1) is 0 Å². The first-order chi connectivity index (χ1) is 8.47. The van der Waals surface area contributed by atoms with Crippen molar-refractivity contribution in [2.24, 2.45) is 0 Å². The van der Waals surface area contributed by atoms with E-state index >= 15 is 0 Å². The van der Waals surface area contributed by atoms with Crippen LogP contribution in [0.2, 0.25) is 0 Å². The van der Waals surface area contributed by atoms with E-state index in [4.69, 9.17) is 0 Å². The van der Waals surface area contributed by atoms with Gasteiger partial charge in [-0.3, -0.25) is 9.52 Å². The van der Waals surface area contributed by atoms with Crippen molar-refractivity contribution >= 4 is 31.8 Å². The zero-order valence-electron chi connectivity index (χ0n) is 8.92. The van der Waals surface area contributed by atoms with Crippen LogP contribution in [0.15, 0.2) is 50.6 Å². The third-order valence-electron chi connectivity index (χ3n) is 2.04. The Bertz CT molecular complexity index is 689. The smallest absolute Gasteiger partial charge is 0.264 e. The predicted molar refractivity (Wildman–Crippen MR) is 69.8 cm³/mol. The molecule has 2 N–H and O–H groups in total. The zero-order valence-corrected chi connectivity index (χ0v) is 11.3. The Morgan fingerprint density at radius 2 is 1.78 bits per heavy atom. The van der Waals surface area contributed by atoms with Gasteiger partial charge in [0.15, 0.2) is 5.82 Å². The molecule has 0 bridgehead atoms. The van der Waals surface area contributed by atoms with Crippen molar-refractivity contribution in [2.75, 3.05) is 4.72 Å². The molecule has 2 rings (SSSR count). The molecule has 0 amide bonds. The molecule has 1 aromatic heterocycles. The van der Waals surface area contributed by atoms with Gasteiger partial charge in [0.1, 0.15) is 0 Å². The number of hydrogen-bond acceptors (Lipinski definition) is 4. The fraction of sp³-hybridized carbons (Fsp3) is 0. The van der Waals surface area contributed by atoms with Crippen LogP contribution in [0, 0.1) is 0 Å². The Hall–Kier alpha value is -1.67. The van der Waals surface area contributed by atoms with E-state index in [2.05, 4.69) is 30.8 Å². The fourth-order valence-electron chi connectivity index (χ4n) is 1.21.